The Morgan fingerprint density at radius 1 is 1.40 bits per heavy atom. The van der Waals surface area contributed by atoms with E-state index in [4.69, 9.17) is 5.73 Å². The molecular formula is C17H28N2S. The van der Waals surface area contributed by atoms with Crippen molar-refractivity contribution in [2.75, 3.05) is 25.6 Å². The van der Waals surface area contributed by atoms with Crippen LogP contribution in [0.1, 0.15) is 37.3 Å². The Morgan fingerprint density at radius 3 is 2.85 bits per heavy atom. The molecule has 0 spiro atoms. The predicted octanol–water partition coefficient (Wildman–Crippen LogP) is 3.25. The first-order valence-electron chi connectivity index (χ1n) is 7.66. The minimum Gasteiger partial charge on any atom is -0.328 e. The van der Waals surface area contributed by atoms with E-state index in [-0.39, 0.29) is 5.54 Å². The summed E-state index contributed by atoms with van der Waals surface area (Å²) in [4.78, 5) is 2.54. The van der Waals surface area contributed by atoms with Crippen LogP contribution in [0.3, 0.4) is 0 Å². The summed E-state index contributed by atoms with van der Waals surface area (Å²) in [5.74, 6) is 1.22. The lowest BCUT2D eigenvalue weighted by Crippen LogP contribution is -2.54. The van der Waals surface area contributed by atoms with E-state index >= 15 is 0 Å². The molecule has 1 aromatic rings. The van der Waals surface area contributed by atoms with Gasteiger partial charge >= 0.3 is 0 Å². The van der Waals surface area contributed by atoms with Gasteiger partial charge in [-0.25, -0.2) is 0 Å². The summed E-state index contributed by atoms with van der Waals surface area (Å²) in [6.45, 7) is 3.05. The molecule has 2 atom stereocenters. The van der Waals surface area contributed by atoms with Crippen LogP contribution in [0.2, 0.25) is 0 Å². The Morgan fingerprint density at radius 2 is 2.15 bits per heavy atom. The molecular weight excluding hydrogens is 264 g/mol. The molecule has 1 aliphatic rings. The Kier molecular flexibility index (Phi) is 5.53. The summed E-state index contributed by atoms with van der Waals surface area (Å²) >= 11 is 1.93. The summed E-state index contributed by atoms with van der Waals surface area (Å²) in [7, 11) is 2.26. The summed E-state index contributed by atoms with van der Waals surface area (Å²) in [6.07, 6.45) is 7.03. The topological polar surface area (TPSA) is 29.3 Å². The van der Waals surface area contributed by atoms with E-state index in [2.05, 4.69) is 49.4 Å². The van der Waals surface area contributed by atoms with E-state index in [9.17, 15) is 0 Å². The highest BCUT2D eigenvalue weighted by Crippen LogP contribution is 2.40. The second-order valence-electron chi connectivity index (χ2n) is 5.99. The van der Waals surface area contributed by atoms with Crippen LogP contribution in [0.5, 0.6) is 0 Å². The van der Waals surface area contributed by atoms with Crippen molar-refractivity contribution in [3.05, 3.63) is 35.4 Å². The molecule has 2 nitrogen and oxygen atoms in total. The minimum atomic E-state index is 0.0344. The van der Waals surface area contributed by atoms with Crippen LogP contribution in [-0.2, 0) is 12.0 Å². The van der Waals surface area contributed by atoms with Crippen LogP contribution >= 0.6 is 11.8 Å². The average Bonchev–Trinajstić information content (AvgIpc) is 2.51. The normalized spacial score (nSPS) is 23.6. The number of hydrogen-bond acceptors (Lipinski definition) is 3. The third-order valence-corrected chi connectivity index (χ3v) is 5.61. The van der Waals surface area contributed by atoms with Gasteiger partial charge in [-0.05, 0) is 62.8 Å². The van der Waals surface area contributed by atoms with Gasteiger partial charge in [0.05, 0.1) is 5.54 Å². The number of benzene rings is 1. The van der Waals surface area contributed by atoms with Crippen molar-refractivity contribution in [1.29, 1.82) is 0 Å². The summed E-state index contributed by atoms with van der Waals surface area (Å²) in [5, 5.41) is 0. The number of thioether (sulfide) groups is 1. The van der Waals surface area contributed by atoms with Crippen molar-refractivity contribution < 1.29 is 0 Å². The maximum atomic E-state index is 6.27. The molecule has 2 unspecified atom stereocenters. The van der Waals surface area contributed by atoms with E-state index in [1.165, 1.54) is 42.6 Å². The zero-order valence-corrected chi connectivity index (χ0v) is 13.9. The fourth-order valence-electron chi connectivity index (χ4n) is 3.52. The molecule has 1 aromatic carbocycles. The smallest absolute Gasteiger partial charge is 0.0586 e. The number of fused-ring (bicyclic) bond motifs is 1. The van der Waals surface area contributed by atoms with Crippen molar-refractivity contribution in [3.63, 3.8) is 0 Å². The number of nitrogens with zero attached hydrogens (tertiary/aromatic N) is 1. The first-order chi connectivity index (χ1) is 9.65. The molecule has 0 saturated heterocycles. The molecule has 0 heterocycles. The molecule has 3 heteroatoms. The minimum absolute atomic E-state index is 0.0344. The van der Waals surface area contributed by atoms with Crippen LogP contribution in [-0.4, -0.2) is 36.5 Å². The molecule has 0 aliphatic heterocycles. The summed E-state index contributed by atoms with van der Waals surface area (Å²) in [6, 6.07) is 9.45. The summed E-state index contributed by atoms with van der Waals surface area (Å²) in [5.41, 5.74) is 9.27. The van der Waals surface area contributed by atoms with Crippen molar-refractivity contribution in [2.45, 2.75) is 44.2 Å². The van der Waals surface area contributed by atoms with Crippen LogP contribution < -0.4 is 5.73 Å². The first kappa shape index (κ1) is 15.9. The van der Waals surface area contributed by atoms with E-state index in [1.54, 1.807) is 0 Å². The lowest BCUT2D eigenvalue weighted by atomic mass is 9.75. The molecule has 2 N–H and O–H groups in total. The maximum absolute atomic E-state index is 6.27. The van der Waals surface area contributed by atoms with E-state index in [0.29, 0.717) is 12.6 Å². The Labute approximate surface area is 128 Å². The fourth-order valence-corrected chi connectivity index (χ4v) is 4.10. The van der Waals surface area contributed by atoms with Gasteiger partial charge in [0.2, 0.25) is 0 Å². The van der Waals surface area contributed by atoms with Gasteiger partial charge in [0.1, 0.15) is 0 Å². The lowest BCUT2D eigenvalue weighted by molar-refractivity contribution is 0.0642. The van der Waals surface area contributed by atoms with Gasteiger partial charge in [0.25, 0.3) is 0 Å². The van der Waals surface area contributed by atoms with Gasteiger partial charge in [0, 0.05) is 12.6 Å². The first-order valence-corrected chi connectivity index (χ1v) is 9.05. The number of hydrogen-bond donors (Lipinski definition) is 1. The highest BCUT2D eigenvalue weighted by molar-refractivity contribution is 7.98. The Balaban J connectivity index is 2.30. The maximum Gasteiger partial charge on any atom is 0.0586 e. The monoisotopic (exact) mass is 292 g/mol. The molecule has 0 bridgehead atoms. The zero-order valence-electron chi connectivity index (χ0n) is 13.1. The van der Waals surface area contributed by atoms with Crippen LogP contribution in [0.15, 0.2) is 24.3 Å². The quantitative estimate of drug-likeness (QED) is 0.872. The molecule has 0 amide bonds. The van der Waals surface area contributed by atoms with Gasteiger partial charge < -0.3 is 5.73 Å². The van der Waals surface area contributed by atoms with E-state index < -0.39 is 0 Å². The highest BCUT2D eigenvalue weighted by atomic mass is 32.2. The predicted molar refractivity (Wildman–Crippen MR) is 90.3 cm³/mol. The van der Waals surface area contributed by atoms with Crippen molar-refractivity contribution in [3.8, 4) is 0 Å². The summed E-state index contributed by atoms with van der Waals surface area (Å²) < 4.78 is 0. The largest absolute Gasteiger partial charge is 0.328 e. The fraction of sp³-hybridized carbons (Fsp3) is 0.647. The molecule has 0 fully saturated rings. The number of aryl methyl sites for hydroxylation is 1. The average molecular weight is 292 g/mol. The van der Waals surface area contributed by atoms with Gasteiger partial charge in [-0.3, -0.25) is 4.90 Å². The van der Waals surface area contributed by atoms with Crippen LogP contribution in [0, 0.1) is 0 Å². The van der Waals surface area contributed by atoms with Gasteiger partial charge in [-0.2, -0.15) is 11.8 Å². The van der Waals surface area contributed by atoms with Crippen molar-refractivity contribution in [1.82, 2.24) is 4.90 Å². The highest BCUT2D eigenvalue weighted by Gasteiger charge is 2.40. The van der Waals surface area contributed by atoms with Crippen LogP contribution in [0.4, 0.5) is 0 Å². The van der Waals surface area contributed by atoms with Crippen molar-refractivity contribution in [2.24, 2.45) is 5.73 Å². The molecule has 20 heavy (non-hydrogen) atoms. The van der Waals surface area contributed by atoms with Gasteiger partial charge in [0.15, 0.2) is 0 Å². The second-order valence-corrected chi connectivity index (χ2v) is 6.97. The Hall–Kier alpha value is -0.510. The lowest BCUT2D eigenvalue weighted by Gasteiger charge is -2.48. The van der Waals surface area contributed by atoms with Crippen LogP contribution in [0.25, 0.3) is 0 Å². The molecule has 112 valence electrons. The van der Waals surface area contributed by atoms with Gasteiger partial charge in [-0.1, -0.05) is 24.3 Å². The third kappa shape index (κ3) is 2.90. The number of nitrogens with two attached hydrogens (primary N) is 1. The van der Waals surface area contributed by atoms with Crippen molar-refractivity contribution >= 4 is 11.8 Å². The zero-order chi connectivity index (χ0) is 14.6. The number of rotatable bonds is 6. The van der Waals surface area contributed by atoms with E-state index in [1.807, 2.05) is 11.8 Å². The molecule has 0 radical (unpaired) electrons. The molecule has 1 aliphatic carbocycles. The molecule has 2 rings (SSSR count). The Bertz CT molecular complexity index is 435. The SMILES string of the molecule is CSCCC(C)N(C)C1(CN)CCCc2ccccc21. The molecule has 0 aromatic heterocycles. The standard InChI is InChI=1S/C17H28N2S/c1-14(10-12-20-3)19(2)17(13-18)11-6-8-15-7-4-5-9-16(15)17/h4-5,7,9,14H,6,8,10-13,18H2,1-3H3. The third-order valence-electron chi connectivity index (χ3n) is 4.97. The van der Waals surface area contributed by atoms with Gasteiger partial charge in [-0.15, -0.1) is 0 Å². The van der Waals surface area contributed by atoms with E-state index in [0.717, 1.165) is 0 Å². The second kappa shape index (κ2) is 6.97. The molecule has 0 saturated carbocycles. The number of likely N-dealkylation sites (N-methyl/N-ethyl adjacent to an activating group) is 1.